The summed E-state index contributed by atoms with van der Waals surface area (Å²) in [6.45, 7) is 2.07. The smallest absolute Gasteiger partial charge is 0.294 e. The predicted octanol–water partition coefficient (Wildman–Crippen LogP) is 7.78. The van der Waals surface area contributed by atoms with Gasteiger partial charge in [0.05, 0.1) is 16.3 Å². The highest BCUT2D eigenvalue weighted by Crippen LogP contribution is 2.36. The van der Waals surface area contributed by atoms with Crippen molar-refractivity contribution in [3.8, 4) is 28.2 Å². The number of rotatable bonds is 6. The summed E-state index contributed by atoms with van der Waals surface area (Å²) in [5.74, 6) is 0. The van der Waals surface area contributed by atoms with E-state index in [0.717, 1.165) is 33.8 Å². The Morgan fingerprint density at radius 2 is 1.37 bits per heavy atom. The Kier molecular flexibility index (Phi) is 6.05. The van der Waals surface area contributed by atoms with Gasteiger partial charge in [0, 0.05) is 23.5 Å². The molecule has 4 aromatic carbocycles. The van der Waals surface area contributed by atoms with Gasteiger partial charge in [-0.3, -0.25) is 10.1 Å². The summed E-state index contributed by atoms with van der Waals surface area (Å²) >= 11 is 0. The molecule has 0 unspecified atom stereocenters. The van der Waals surface area contributed by atoms with Crippen LogP contribution in [0.25, 0.3) is 28.2 Å². The van der Waals surface area contributed by atoms with E-state index >= 15 is 0 Å². The Morgan fingerprint density at radius 1 is 0.771 bits per heavy atom. The molecule has 0 radical (unpaired) electrons. The zero-order valence-corrected chi connectivity index (χ0v) is 19.2. The van der Waals surface area contributed by atoms with Crippen molar-refractivity contribution in [1.29, 1.82) is 0 Å². The van der Waals surface area contributed by atoms with Gasteiger partial charge in [-0.15, -0.1) is 0 Å². The molecule has 0 saturated heterocycles. The van der Waals surface area contributed by atoms with Crippen LogP contribution in [0.2, 0.25) is 0 Å². The van der Waals surface area contributed by atoms with Crippen molar-refractivity contribution in [2.75, 3.05) is 0 Å². The number of nitro benzene ring substituents is 1. The molecular formula is C30H23N3O2. The van der Waals surface area contributed by atoms with Crippen LogP contribution in [0.5, 0.6) is 0 Å². The van der Waals surface area contributed by atoms with Gasteiger partial charge in [0.25, 0.3) is 5.69 Å². The second kappa shape index (κ2) is 9.61. The standard InChI is InChI=1S/C30H23N3O2/c1-22-16-18-26(19-17-22)32-29(23-10-4-2-5-11-23)20-25(30(32)24-12-6-3-7-13-24)21-31-27-14-8-9-15-28(27)33(34)35/h2-21H,1H3. The van der Waals surface area contributed by atoms with Gasteiger partial charge in [0.1, 0.15) is 5.69 Å². The third kappa shape index (κ3) is 4.52. The summed E-state index contributed by atoms with van der Waals surface area (Å²) < 4.78 is 2.23. The van der Waals surface area contributed by atoms with Gasteiger partial charge < -0.3 is 4.57 Å². The molecule has 0 saturated carbocycles. The number of nitro groups is 1. The maximum Gasteiger partial charge on any atom is 0.294 e. The number of nitrogens with zero attached hydrogens (tertiary/aromatic N) is 3. The summed E-state index contributed by atoms with van der Waals surface area (Å²) in [5, 5.41) is 11.5. The molecule has 5 rings (SSSR count). The molecule has 0 aliphatic carbocycles. The fourth-order valence-corrected chi connectivity index (χ4v) is 4.17. The number of aromatic nitrogens is 1. The SMILES string of the molecule is Cc1ccc(-n2c(-c3ccccc3)cc(C=Nc3ccccc3[N+](=O)[O-])c2-c2ccccc2)cc1. The van der Waals surface area contributed by atoms with Crippen LogP contribution in [0.1, 0.15) is 11.1 Å². The minimum atomic E-state index is -0.405. The molecule has 1 aromatic heterocycles. The second-order valence-corrected chi connectivity index (χ2v) is 8.24. The highest BCUT2D eigenvalue weighted by Gasteiger charge is 2.19. The van der Waals surface area contributed by atoms with Gasteiger partial charge in [-0.25, -0.2) is 4.99 Å². The van der Waals surface area contributed by atoms with E-state index in [1.807, 2.05) is 36.4 Å². The first-order valence-corrected chi connectivity index (χ1v) is 11.3. The lowest BCUT2D eigenvalue weighted by molar-refractivity contribution is -0.384. The van der Waals surface area contributed by atoms with E-state index in [9.17, 15) is 10.1 Å². The normalized spacial score (nSPS) is 11.1. The molecule has 35 heavy (non-hydrogen) atoms. The molecule has 0 bridgehead atoms. The van der Waals surface area contributed by atoms with Gasteiger partial charge in [-0.05, 0) is 42.3 Å². The Labute approximate surface area is 203 Å². The molecule has 1 heterocycles. The first kappa shape index (κ1) is 22.0. The number of hydrogen-bond acceptors (Lipinski definition) is 3. The van der Waals surface area contributed by atoms with Crippen molar-refractivity contribution < 1.29 is 4.92 Å². The lowest BCUT2D eigenvalue weighted by Crippen LogP contribution is -2.00. The van der Waals surface area contributed by atoms with E-state index in [-0.39, 0.29) is 5.69 Å². The Bertz CT molecular complexity index is 1500. The van der Waals surface area contributed by atoms with Gasteiger partial charge in [0.2, 0.25) is 0 Å². The summed E-state index contributed by atoms with van der Waals surface area (Å²) in [4.78, 5) is 15.7. The molecule has 0 spiro atoms. The molecular weight excluding hydrogens is 434 g/mol. The zero-order valence-electron chi connectivity index (χ0n) is 19.2. The van der Waals surface area contributed by atoms with Crippen molar-refractivity contribution >= 4 is 17.6 Å². The molecule has 0 amide bonds. The zero-order chi connectivity index (χ0) is 24.2. The van der Waals surface area contributed by atoms with Crippen LogP contribution in [0.3, 0.4) is 0 Å². The Hall–Kier alpha value is -4.77. The average Bonchev–Trinajstić information content (AvgIpc) is 3.28. The third-order valence-corrected chi connectivity index (χ3v) is 5.86. The van der Waals surface area contributed by atoms with Gasteiger partial charge >= 0.3 is 0 Å². The van der Waals surface area contributed by atoms with Gasteiger partial charge in [-0.2, -0.15) is 0 Å². The number of aryl methyl sites for hydroxylation is 1. The van der Waals surface area contributed by atoms with Crippen molar-refractivity contribution in [1.82, 2.24) is 4.57 Å². The van der Waals surface area contributed by atoms with Crippen molar-refractivity contribution in [2.45, 2.75) is 6.92 Å². The molecule has 0 aliphatic heterocycles. The summed E-state index contributed by atoms with van der Waals surface area (Å²) in [6, 6.07) is 37.4. The van der Waals surface area contributed by atoms with E-state index in [0.29, 0.717) is 5.69 Å². The van der Waals surface area contributed by atoms with Crippen LogP contribution in [0.15, 0.2) is 120 Å². The van der Waals surface area contributed by atoms with Crippen LogP contribution in [-0.2, 0) is 0 Å². The lowest BCUT2D eigenvalue weighted by Gasteiger charge is -2.15. The van der Waals surface area contributed by atoms with Crippen LogP contribution in [0.4, 0.5) is 11.4 Å². The maximum atomic E-state index is 11.5. The van der Waals surface area contributed by atoms with Crippen molar-refractivity contribution in [3.05, 3.63) is 137 Å². The van der Waals surface area contributed by atoms with Crippen LogP contribution >= 0.6 is 0 Å². The lowest BCUT2D eigenvalue weighted by atomic mass is 10.1. The number of hydrogen-bond donors (Lipinski definition) is 0. The molecule has 5 aromatic rings. The van der Waals surface area contributed by atoms with Crippen LogP contribution in [-0.4, -0.2) is 15.7 Å². The summed E-state index contributed by atoms with van der Waals surface area (Å²) in [5.41, 5.74) is 7.45. The van der Waals surface area contributed by atoms with Gasteiger partial charge in [-0.1, -0.05) is 90.5 Å². The second-order valence-electron chi connectivity index (χ2n) is 8.24. The van der Waals surface area contributed by atoms with E-state index in [1.54, 1.807) is 24.4 Å². The molecule has 170 valence electrons. The highest BCUT2D eigenvalue weighted by atomic mass is 16.6. The Balaban J connectivity index is 1.78. The molecule has 5 heteroatoms. The maximum absolute atomic E-state index is 11.5. The van der Waals surface area contributed by atoms with Crippen LogP contribution < -0.4 is 0 Å². The Morgan fingerprint density at radius 3 is 2.03 bits per heavy atom. The highest BCUT2D eigenvalue weighted by molar-refractivity contribution is 5.95. The fourth-order valence-electron chi connectivity index (χ4n) is 4.17. The van der Waals surface area contributed by atoms with Crippen molar-refractivity contribution in [3.63, 3.8) is 0 Å². The van der Waals surface area contributed by atoms with E-state index in [2.05, 4.69) is 71.1 Å². The minimum Gasteiger partial charge on any atom is -0.309 e. The first-order valence-electron chi connectivity index (χ1n) is 11.3. The minimum absolute atomic E-state index is 0.0220. The van der Waals surface area contributed by atoms with Gasteiger partial charge in [0.15, 0.2) is 0 Å². The predicted molar refractivity (Wildman–Crippen MR) is 142 cm³/mol. The van der Waals surface area contributed by atoms with Crippen LogP contribution in [0, 0.1) is 17.0 Å². The van der Waals surface area contributed by atoms with E-state index < -0.39 is 4.92 Å². The monoisotopic (exact) mass is 457 g/mol. The molecule has 0 atom stereocenters. The fraction of sp³-hybridized carbons (Fsp3) is 0.0333. The molecule has 0 N–H and O–H groups in total. The molecule has 5 nitrogen and oxygen atoms in total. The average molecular weight is 458 g/mol. The van der Waals surface area contributed by atoms with E-state index in [1.165, 1.54) is 11.6 Å². The quantitative estimate of drug-likeness (QED) is 0.148. The largest absolute Gasteiger partial charge is 0.309 e. The molecule has 0 aliphatic rings. The summed E-state index contributed by atoms with van der Waals surface area (Å²) in [7, 11) is 0. The third-order valence-electron chi connectivity index (χ3n) is 5.86. The number of aliphatic imine (C=N–C) groups is 1. The summed E-state index contributed by atoms with van der Waals surface area (Å²) in [6.07, 6.45) is 1.72. The van der Waals surface area contributed by atoms with Crippen molar-refractivity contribution in [2.24, 2.45) is 4.99 Å². The molecule has 0 fully saturated rings. The first-order chi connectivity index (χ1) is 17.1. The number of para-hydroxylation sites is 2. The number of benzene rings is 4. The van der Waals surface area contributed by atoms with E-state index in [4.69, 9.17) is 0 Å². The topological polar surface area (TPSA) is 60.4 Å².